The minimum Gasteiger partial charge on any atom is -0.489 e. The number of carbonyl (C=O) groups excluding carboxylic acids is 1. The van der Waals surface area contributed by atoms with Gasteiger partial charge < -0.3 is 14.8 Å². The number of nitrogens with zero attached hydrogens (tertiary/aromatic N) is 1. The van der Waals surface area contributed by atoms with Crippen LogP contribution in [0.1, 0.15) is 21.6 Å². The van der Waals surface area contributed by atoms with E-state index in [1.54, 1.807) is 18.3 Å². The van der Waals surface area contributed by atoms with Gasteiger partial charge in [-0.25, -0.2) is 0 Å². The Bertz CT molecular complexity index is 1130. The number of hydrogen-bond donors (Lipinski definition) is 1. The highest BCUT2D eigenvalue weighted by Gasteiger charge is 2.12. The fourth-order valence-electron chi connectivity index (χ4n) is 3.05. The lowest BCUT2D eigenvalue weighted by Crippen LogP contribution is -2.15. The quantitative estimate of drug-likeness (QED) is 0.417. The lowest BCUT2D eigenvalue weighted by molar-refractivity contribution is 0.102. The molecule has 0 aliphatic carbocycles. The maximum absolute atomic E-state index is 12.9. The number of hydrogen-bond acceptors (Lipinski definition) is 4. The first-order valence-electron chi connectivity index (χ1n) is 9.98. The highest BCUT2D eigenvalue weighted by molar-refractivity contribution is 6.05. The van der Waals surface area contributed by atoms with E-state index >= 15 is 0 Å². The van der Waals surface area contributed by atoms with Gasteiger partial charge in [0.15, 0.2) is 0 Å². The number of ether oxygens (including phenoxy) is 2. The molecule has 1 N–H and O–H groups in total. The van der Waals surface area contributed by atoms with Crippen LogP contribution in [-0.2, 0) is 13.2 Å². The molecule has 0 aliphatic rings. The molecule has 1 amide bonds. The summed E-state index contributed by atoms with van der Waals surface area (Å²) in [6, 6.07) is 30.0. The number of pyridine rings is 1. The van der Waals surface area contributed by atoms with E-state index in [0.717, 1.165) is 17.0 Å². The van der Waals surface area contributed by atoms with Gasteiger partial charge in [-0.3, -0.25) is 9.78 Å². The Kier molecular flexibility index (Phi) is 6.55. The van der Waals surface area contributed by atoms with Crippen LogP contribution in [-0.4, -0.2) is 10.9 Å². The average molecular weight is 410 g/mol. The Morgan fingerprint density at radius 1 is 0.742 bits per heavy atom. The van der Waals surface area contributed by atoms with Gasteiger partial charge in [0, 0.05) is 29.1 Å². The number of carbonyl (C=O) groups is 1. The van der Waals surface area contributed by atoms with Crippen LogP contribution in [0.3, 0.4) is 0 Å². The Morgan fingerprint density at radius 3 is 2.32 bits per heavy atom. The Balaban J connectivity index is 1.41. The maximum Gasteiger partial charge on any atom is 0.256 e. The third-order valence-electron chi connectivity index (χ3n) is 4.60. The van der Waals surface area contributed by atoms with Crippen LogP contribution in [0.15, 0.2) is 103 Å². The highest BCUT2D eigenvalue weighted by atomic mass is 16.5. The molecule has 154 valence electrons. The van der Waals surface area contributed by atoms with Gasteiger partial charge in [-0.05, 0) is 42.5 Å². The van der Waals surface area contributed by atoms with E-state index in [1.165, 1.54) is 0 Å². The van der Waals surface area contributed by atoms with E-state index in [9.17, 15) is 4.79 Å². The highest BCUT2D eigenvalue weighted by Crippen LogP contribution is 2.20. The van der Waals surface area contributed by atoms with Crippen LogP contribution in [0.5, 0.6) is 11.5 Å². The molecule has 0 spiro atoms. The maximum atomic E-state index is 12.9. The molecule has 4 aromatic rings. The second-order valence-corrected chi connectivity index (χ2v) is 6.85. The van der Waals surface area contributed by atoms with E-state index in [1.807, 2.05) is 84.9 Å². The first kappa shape index (κ1) is 20.2. The van der Waals surface area contributed by atoms with E-state index in [4.69, 9.17) is 9.47 Å². The lowest BCUT2D eigenvalue weighted by atomic mass is 10.1. The number of benzene rings is 3. The largest absolute Gasteiger partial charge is 0.489 e. The number of nitrogens with one attached hydrogen (secondary N) is 1. The fourth-order valence-corrected chi connectivity index (χ4v) is 3.05. The van der Waals surface area contributed by atoms with E-state index in [0.29, 0.717) is 30.2 Å². The van der Waals surface area contributed by atoms with Gasteiger partial charge >= 0.3 is 0 Å². The van der Waals surface area contributed by atoms with E-state index in [2.05, 4.69) is 10.3 Å². The van der Waals surface area contributed by atoms with Crippen molar-refractivity contribution in [1.29, 1.82) is 0 Å². The van der Waals surface area contributed by atoms with Crippen molar-refractivity contribution < 1.29 is 14.3 Å². The molecule has 3 aromatic carbocycles. The van der Waals surface area contributed by atoms with E-state index in [-0.39, 0.29) is 5.91 Å². The van der Waals surface area contributed by atoms with Gasteiger partial charge in [0.2, 0.25) is 0 Å². The molecule has 0 saturated heterocycles. The minimum atomic E-state index is -0.200. The lowest BCUT2D eigenvalue weighted by Gasteiger charge is -2.12. The predicted octanol–water partition coefficient (Wildman–Crippen LogP) is 5.49. The third kappa shape index (κ3) is 5.70. The molecule has 0 unspecified atom stereocenters. The van der Waals surface area contributed by atoms with Gasteiger partial charge in [-0.1, -0.05) is 48.5 Å². The van der Waals surface area contributed by atoms with Crippen LogP contribution in [0.2, 0.25) is 0 Å². The molecule has 0 saturated carbocycles. The van der Waals surface area contributed by atoms with Gasteiger partial charge in [0.05, 0.1) is 5.69 Å². The standard InChI is InChI=1S/C26H22N2O3/c29-26(25-15-5-4-9-20(25)18-30-23-12-2-1-3-13-23)28-21-11-8-14-24(17-21)31-19-22-10-6-7-16-27-22/h1-17H,18-19H2,(H,28,29). The number of amides is 1. The molecule has 31 heavy (non-hydrogen) atoms. The van der Waals surface area contributed by atoms with Gasteiger partial charge in [0.1, 0.15) is 24.7 Å². The Hall–Kier alpha value is -4.12. The second kappa shape index (κ2) is 10.1. The van der Waals surface area contributed by atoms with Gasteiger partial charge in [-0.15, -0.1) is 0 Å². The minimum absolute atomic E-state index is 0.200. The van der Waals surface area contributed by atoms with Gasteiger partial charge in [-0.2, -0.15) is 0 Å². The fraction of sp³-hybridized carbons (Fsp3) is 0.0769. The van der Waals surface area contributed by atoms with E-state index < -0.39 is 0 Å². The monoisotopic (exact) mass is 410 g/mol. The summed E-state index contributed by atoms with van der Waals surface area (Å²) in [6.07, 6.45) is 1.73. The SMILES string of the molecule is O=C(Nc1cccc(OCc2ccccn2)c1)c1ccccc1COc1ccccc1. The van der Waals surface area contributed by atoms with Crippen molar-refractivity contribution in [3.63, 3.8) is 0 Å². The van der Waals surface area contributed by atoms with Crippen molar-refractivity contribution in [1.82, 2.24) is 4.98 Å². The second-order valence-electron chi connectivity index (χ2n) is 6.85. The van der Waals surface area contributed by atoms with Crippen LogP contribution in [0.25, 0.3) is 0 Å². The summed E-state index contributed by atoms with van der Waals surface area (Å²) in [5.74, 6) is 1.22. The summed E-state index contributed by atoms with van der Waals surface area (Å²) in [5.41, 5.74) is 2.87. The molecular weight excluding hydrogens is 388 g/mol. The summed E-state index contributed by atoms with van der Waals surface area (Å²) in [7, 11) is 0. The summed E-state index contributed by atoms with van der Waals surface area (Å²) in [5, 5.41) is 2.95. The van der Waals surface area contributed by atoms with Crippen LogP contribution >= 0.6 is 0 Å². The normalized spacial score (nSPS) is 10.3. The van der Waals surface area contributed by atoms with Crippen molar-refractivity contribution in [3.05, 3.63) is 120 Å². The predicted molar refractivity (Wildman–Crippen MR) is 120 cm³/mol. The number of rotatable bonds is 8. The van der Waals surface area contributed by atoms with Crippen LogP contribution in [0, 0.1) is 0 Å². The molecule has 0 fully saturated rings. The zero-order valence-electron chi connectivity index (χ0n) is 16.9. The molecule has 5 nitrogen and oxygen atoms in total. The van der Waals surface area contributed by atoms with Crippen molar-refractivity contribution in [3.8, 4) is 11.5 Å². The number of anilines is 1. The van der Waals surface area contributed by atoms with Crippen molar-refractivity contribution in [2.45, 2.75) is 13.2 Å². The number of para-hydroxylation sites is 1. The molecule has 4 rings (SSSR count). The number of aromatic nitrogens is 1. The van der Waals surface area contributed by atoms with Crippen molar-refractivity contribution >= 4 is 11.6 Å². The van der Waals surface area contributed by atoms with Gasteiger partial charge in [0.25, 0.3) is 5.91 Å². The molecule has 1 heterocycles. The molecule has 0 bridgehead atoms. The first-order valence-corrected chi connectivity index (χ1v) is 9.98. The molecule has 1 aromatic heterocycles. The molecule has 5 heteroatoms. The summed E-state index contributed by atoms with van der Waals surface area (Å²) >= 11 is 0. The summed E-state index contributed by atoms with van der Waals surface area (Å²) < 4.78 is 11.6. The molecule has 0 aliphatic heterocycles. The van der Waals surface area contributed by atoms with Crippen molar-refractivity contribution in [2.75, 3.05) is 5.32 Å². The molecule has 0 atom stereocenters. The summed E-state index contributed by atoms with van der Waals surface area (Å²) in [6.45, 7) is 0.665. The van der Waals surface area contributed by atoms with Crippen LogP contribution in [0.4, 0.5) is 5.69 Å². The third-order valence-corrected chi connectivity index (χ3v) is 4.60. The molecule has 0 radical (unpaired) electrons. The zero-order valence-corrected chi connectivity index (χ0v) is 16.9. The average Bonchev–Trinajstić information content (AvgIpc) is 2.83. The Labute approximate surface area is 181 Å². The Morgan fingerprint density at radius 2 is 1.48 bits per heavy atom. The summed E-state index contributed by atoms with van der Waals surface area (Å²) in [4.78, 5) is 17.2. The van der Waals surface area contributed by atoms with Crippen molar-refractivity contribution in [2.24, 2.45) is 0 Å². The smallest absolute Gasteiger partial charge is 0.256 e. The topological polar surface area (TPSA) is 60.5 Å². The molecular formula is C26H22N2O3. The zero-order chi connectivity index (χ0) is 21.3. The van der Waals surface area contributed by atoms with Crippen LogP contribution < -0.4 is 14.8 Å². The first-order chi connectivity index (χ1) is 15.3.